The van der Waals surface area contributed by atoms with E-state index in [0.29, 0.717) is 23.8 Å². The van der Waals surface area contributed by atoms with Crippen LogP contribution >= 0.6 is 35.7 Å². The first-order valence-corrected chi connectivity index (χ1v) is 8.77. The Balaban J connectivity index is 0.00000242. The summed E-state index contributed by atoms with van der Waals surface area (Å²) in [5.74, 6) is 1.37. The Morgan fingerprint density at radius 3 is 2.82 bits per heavy atom. The third-order valence-corrected chi connectivity index (χ3v) is 4.19. The Morgan fingerprint density at radius 2 is 2.14 bits per heavy atom. The molecule has 3 N–H and O–H groups in total. The van der Waals surface area contributed by atoms with E-state index < -0.39 is 6.04 Å². The highest BCUT2D eigenvalue weighted by Gasteiger charge is 2.15. The maximum Gasteiger partial charge on any atom is 0.243 e. The summed E-state index contributed by atoms with van der Waals surface area (Å²) in [6.07, 6.45) is 3.31. The molecule has 1 atom stereocenters. The molecule has 8 heteroatoms. The van der Waals surface area contributed by atoms with Crippen LogP contribution in [-0.2, 0) is 11.2 Å². The number of nitrogens with one attached hydrogen (secondary N) is 1. The van der Waals surface area contributed by atoms with Crippen molar-refractivity contribution in [2.24, 2.45) is 5.73 Å². The predicted octanol–water partition coefficient (Wildman–Crippen LogP) is 2.57. The van der Waals surface area contributed by atoms with E-state index in [1.165, 1.54) is 11.5 Å². The number of anilines is 1. The summed E-state index contributed by atoms with van der Waals surface area (Å²) in [6.45, 7) is 0. The second-order valence-corrected chi connectivity index (χ2v) is 6.29. The quantitative estimate of drug-likeness (QED) is 0.795. The molecule has 0 aliphatic rings. The molecule has 0 fully saturated rings. The van der Waals surface area contributed by atoms with E-state index in [1.54, 1.807) is 11.8 Å². The second-order valence-electron chi connectivity index (χ2n) is 4.56. The molecule has 0 aliphatic carbocycles. The summed E-state index contributed by atoms with van der Waals surface area (Å²) in [5, 5.41) is 3.23. The maximum atomic E-state index is 11.9. The van der Waals surface area contributed by atoms with Crippen LogP contribution in [-0.4, -0.2) is 33.3 Å². The molecule has 0 saturated heterocycles. The summed E-state index contributed by atoms with van der Waals surface area (Å²) in [7, 11) is 0. The van der Waals surface area contributed by atoms with Crippen LogP contribution in [0.15, 0.2) is 30.3 Å². The van der Waals surface area contributed by atoms with Gasteiger partial charge in [-0.25, -0.2) is 4.98 Å². The molecule has 0 bridgehead atoms. The zero-order chi connectivity index (χ0) is 15.1. The molecule has 22 heavy (non-hydrogen) atoms. The number of rotatable bonds is 7. The van der Waals surface area contributed by atoms with Crippen LogP contribution in [0.1, 0.15) is 17.8 Å². The standard InChI is InChI=1S/C14H18N4OS2.ClH/c1-20-8-7-11(15)13(19)17-14-16-12(18-21-14)9-10-5-3-2-4-6-10;/h2-6,11H,7-9,15H2,1H3,(H,16,17,18,19);1H. The fourth-order valence-electron chi connectivity index (χ4n) is 1.73. The second kappa shape index (κ2) is 9.78. The Morgan fingerprint density at radius 1 is 1.41 bits per heavy atom. The van der Waals surface area contributed by atoms with E-state index in [1.807, 2.05) is 36.6 Å². The number of benzene rings is 1. The lowest BCUT2D eigenvalue weighted by Crippen LogP contribution is -2.36. The Bertz CT molecular complexity index is 579. The molecule has 5 nitrogen and oxygen atoms in total. The van der Waals surface area contributed by atoms with Crippen molar-refractivity contribution in [3.8, 4) is 0 Å². The fourth-order valence-corrected chi connectivity index (χ4v) is 2.81. The normalized spacial score (nSPS) is 11.5. The summed E-state index contributed by atoms with van der Waals surface area (Å²) >= 11 is 2.86. The monoisotopic (exact) mass is 358 g/mol. The zero-order valence-corrected chi connectivity index (χ0v) is 14.6. The van der Waals surface area contributed by atoms with Crippen molar-refractivity contribution >= 4 is 46.7 Å². The van der Waals surface area contributed by atoms with Gasteiger partial charge >= 0.3 is 0 Å². The summed E-state index contributed by atoms with van der Waals surface area (Å²) in [4.78, 5) is 16.2. The molecule has 1 aromatic carbocycles. The van der Waals surface area contributed by atoms with Crippen LogP contribution in [0.3, 0.4) is 0 Å². The number of nitrogens with zero attached hydrogens (tertiary/aromatic N) is 2. The minimum Gasteiger partial charge on any atom is -0.320 e. The molecule has 2 aromatic rings. The zero-order valence-electron chi connectivity index (χ0n) is 12.2. The first-order chi connectivity index (χ1) is 10.2. The van der Waals surface area contributed by atoms with Gasteiger partial charge in [0.25, 0.3) is 0 Å². The number of halogens is 1. The van der Waals surface area contributed by atoms with Crippen molar-refractivity contribution in [2.75, 3.05) is 17.3 Å². The molecule has 1 heterocycles. The van der Waals surface area contributed by atoms with Crippen LogP contribution in [0.5, 0.6) is 0 Å². The van der Waals surface area contributed by atoms with Crippen molar-refractivity contribution < 1.29 is 4.79 Å². The van der Waals surface area contributed by atoms with Crippen molar-refractivity contribution in [3.63, 3.8) is 0 Å². The van der Waals surface area contributed by atoms with Gasteiger partial charge in [0.15, 0.2) is 0 Å². The van der Waals surface area contributed by atoms with Crippen molar-refractivity contribution in [2.45, 2.75) is 18.9 Å². The molecular weight excluding hydrogens is 340 g/mol. The number of aromatic nitrogens is 2. The number of hydrogen-bond donors (Lipinski definition) is 2. The minimum atomic E-state index is -0.501. The number of carbonyl (C=O) groups excluding carboxylic acids is 1. The molecule has 2 rings (SSSR count). The highest BCUT2D eigenvalue weighted by Crippen LogP contribution is 2.14. The van der Waals surface area contributed by atoms with Gasteiger partial charge in [-0.05, 0) is 24.0 Å². The Kier molecular flexibility index (Phi) is 8.40. The molecule has 0 saturated carbocycles. The van der Waals surface area contributed by atoms with E-state index in [2.05, 4.69) is 14.7 Å². The van der Waals surface area contributed by atoms with Crippen LogP contribution in [0.2, 0.25) is 0 Å². The lowest BCUT2D eigenvalue weighted by molar-refractivity contribution is -0.117. The van der Waals surface area contributed by atoms with Gasteiger partial charge in [-0.2, -0.15) is 16.1 Å². The number of carbonyl (C=O) groups is 1. The fraction of sp³-hybridized carbons (Fsp3) is 0.357. The largest absolute Gasteiger partial charge is 0.320 e. The molecule has 0 spiro atoms. The van der Waals surface area contributed by atoms with Gasteiger partial charge in [0, 0.05) is 18.0 Å². The molecule has 1 amide bonds. The van der Waals surface area contributed by atoms with Crippen molar-refractivity contribution in [1.82, 2.24) is 9.36 Å². The molecular formula is C14H19ClN4OS2. The average Bonchev–Trinajstić information content (AvgIpc) is 2.92. The van der Waals surface area contributed by atoms with E-state index in [9.17, 15) is 4.79 Å². The van der Waals surface area contributed by atoms with Gasteiger partial charge < -0.3 is 5.73 Å². The summed E-state index contributed by atoms with van der Waals surface area (Å²) in [5.41, 5.74) is 6.96. The maximum absolute atomic E-state index is 11.9. The topological polar surface area (TPSA) is 80.9 Å². The van der Waals surface area contributed by atoms with E-state index in [4.69, 9.17) is 5.73 Å². The first-order valence-electron chi connectivity index (χ1n) is 6.61. The molecule has 0 radical (unpaired) electrons. The highest BCUT2D eigenvalue weighted by molar-refractivity contribution is 7.98. The molecule has 1 unspecified atom stereocenters. The smallest absolute Gasteiger partial charge is 0.243 e. The van der Waals surface area contributed by atoms with E-state index in [0.717, 1.165) is 11.3 Å². The van der Waals surface area contributed by atoms with Gasteiger partial charge in [-0.1, -0.05) is 30.3 Å². The Hall–Kier alpha value is -1.15. The average molecular weight is 359 g/mol. The third-order valence-electron chi connectivity index (χ3n) is 2.87. The summed E-state index contributed by atoms with van der Waals surface area (Å²) in [6, 6.07) is 9.48. The lowest BCUT2D eigenvalue weighted by atomic mass is 10.1. The lowest BCUT2D eigenvalue weighted by Gasteiger charge is -2.08. The van der Waals surface area contributed by atoms with Gasteiger partial charge in [0.05, 0.1) is 6.04 Å². The van der Waals surface area contributed by atoms with Crippen molar-refractivity contribution in [1.29, 1.82) is 0 Å². The van der Waals surface area contributed by atoms with Gasteiger partial charge in [0.2, 0.25) is 11.0 Å². The van der Waals surface area contributed by atoms with Crippen LogP contribution in [0, 0.1) is 0 Å². The van der Waals surface area contributed by atoms with E-state index in [-0.39, 0.29) is 18.3 Å². The highest BCUT2D eigenvalue weighted by atomic mass is 35.5. The SMILES string of the molecule is CSCCC(N)C(=O)Nc1nc(Cc2ccccc2)ns1.Cl. The van der Waals surface area contributed by atoms with Crippen LogP contribution in [0.4, 0.5) is 5.13 Å². The Labute approximate surface area is 144 Å². The van der Waals surface area contributed by atoms with Gasteiger partial charge in [0.1, 0.15) is 5.82 Å². The molecule has 1 aromatic heterocycles. The number of hydrogen-bond acceptors (Lipinski definition) is 6. The molecule has 0 aliphatic heterocycles. The first kappa shape index (κ1) is 18.9. The van der Waals surface area contributed by atoms with Crippen LogP contribution < -0.4 is 11.1 Å². The van der Waals surface area contributed by atoms with Crippen molar-refractivity contribution in [3.05, 3.63) is 41.7 Å². The van der Waals surface area contributed by atoms with Crippen LogP contribution in [0.25, 0.3) is 0 Å². The number of nitrogens with two attached hydrogens (primary N) is 1. The third kappa shape index (κ3) is 5.92. The summed E-state index contributed by atoms with van der Waals surface area (Å²) < 4.78 is 4.26. The van der Waals surface area contributed by atoms with Gasteiger partial charge in [-0.15, -0.1) is 12.4 Å². The van der Waals surface area contributed by atoms with Gasteiger partial charge in [-0.3, -0.25) is 10.1 Å². The minimum absolute atomic E-state index is 0. The van der Waals surface area contributed by atoms with E-state index >= 15 is 0 Å². The number of thioether (sulfide) groups is 1. The number of amides is 1. The predicted molar refractivity (Wildman–Crippen MR) is 96.0 cm³/mol. The molecule has 120 valence electrons.